The molecule has 2 aliphatic rings. The number of hydrogen-bond acceptors (Lipinski definition) is 4. The van der Waals surface area contributed by atoms with Crippen molar-refractivity contribution < 1.29 is 14.3 Å². The van der Waals surface area contributed by atoms with Crippen molar-refractivity contribution in [1.29, 1.82) is 0 Å². The number of nitrogens with one attached hydrogen (secondary N) is 1. The van der Waals surface area contributed by atoms with Crippen LogP contribution < -0.4 is 15.8 Å². The number of nitrogens with zero attached hydrogens (tertiary/aromatic N) is 1. The Morgan fingerprint density at radius 2 is 2.00 bits per heavy atom. The number of carbonyl (C=O) groups is 2. The van der Waals surface area contributed by atoms with E-state index in [1.807, 2.05) is 24.3 Å². The van der Waals surface area contributed by atoms with Gasteiger partial charge >= 0.3 is 0 Å². The van der Waals surface area contributed by atoms with Gasteiger partial charge in [-0.15, -0.1) is 0 Å². The first-order valence-electron chi connectivity index (χ1n) is 8.05. The number of anilines is 1. The summed E-state index contributed by atoms with van der Waals surface area (Å²) in [5.41, 5.74) is 5.50. The Morgan fingerprint density at radius 1 is 1.30 bits per heavy atom. The first-order chi connectivity index (χ1) is 11.0. The van der Waals surface area contributed by atoms with Gasteiger partial charge in [-0.25, -0.2) is 0 Å². The largest absolute Gasteiger partial charge is 0.497 e. The third-order valence-electron chi connectivity index (χ3n) is 4.80. The van der Waals surface area contributed by atoms with Gasteiger partial charge in [0.1, 0.15) is 11.2 Å². The van der Waals surface area contributed by atoms with Gasteiger partial charge in [0.2, 0.25) is 11.8 Å². The molecule has 1 atom stereocenters. The maximum absolute atomic E-state index is 12.6. The molecule has 1 aliphatic heterocycles. The van der Waals surface area contributed by atoms with Gasteiger partial charge in [0, 0.05) is 24.8 Å². The van der Waals surface area contributed by atoms with Gasteiger partial charge in [-0.2, -0.15) is 0 Å². The highest BCUT2D eigenvalue weighted by atomic mass is 16.5. The fourth-order valence-electron chi connectivity index (χ4n) is 3.20. The van der Waals surface area contributed by atoms with Crippen molar-refractivity contribution >= 4 is 17.5 Å². The van der Waals surface area contributed by atoms with Crippen molar-refractivity contribution in [3.63, 3.8) is 0 Å². The van der Waals surface area contributed by atoms with Crippen LogP contribution in [0.1, 0.15) is 25.7 Å². The highest BCUT2D eigenvalue weighted by Crippen LogP contribution is 2.47. The van der Waals surface area contributed by atoms with E-state index in [0.29, 0.717) is 25.9 Å². The minimum Gasteiger partial charge on any atom is -0.497 e. The Hall–Kier alpha value is -2.24. The molecule has 0 aromatic heterocycles. The summed E-state index contributed by atoms with van der Waals surface area (Å²) in [6, 6.07) is 7.92. The van der Waals surface area contributed by atoms with Gasteiger partial charge in [-0.05, 0) is 49.9 Å². The van der Waals surface area contributed by atoms with Gasteiger partial charge in [0.05, 0.1) is 7.11 Å². The Balaban J connectivity index is 1.62. The summed E-state index contributed by atoms with van der Waals surface area (Å²) < 4.78 is 5.15. The van der Waals surface area contributed by atoms with E-state index in [1.54, 1.807) is 12.0 Å². The second-order valence-electron chi connectivity index (χ2n) is 6.41. The van der Waals surface area contributed by atoms with Crippen LogP contribution in [0, 0.1) is 5.41 Å². The summed E-state index contributed by atoms with van der Waals surface area (Å²) in [6.45, 7) is 1.31. The molecule has 1 unspecified atom stereocenters. The fraction of sp³-hybridized carbons (Fsp3) is 0.529. The molecule has 1 aromatic rings. The minimum absolute atomic E-state index is 0.0915. The lowest BCUT2D eigenvalue weighted by molar-refractivity contribution is -0.143. The average Bonchev–Trinajstić information content (AvgIpc) is 3.37. The normalized spacial score (nSPS) is 22.3. The fourth-order valence-corrected chi connectivity index (χ4v) is 3.20. The number of primary amides is 1. The van der Waals surface area contributed by atoms with Crippen molar-refractivity contribution in [1.82, 2.24) is 4.90 Å². The number of carbonyl (C=O) groups excluding carboxylic acids is 2. The van der Waals surface area contributed by atoms with Gasteiger partial charge < -0.3 is 20.7 Å². The number of methoxy groups -OCH3 is 1. The van der Waals surface area contributed by atoms with E-state index < -0.39 is 11.3 Å². The molecule has 6 nitrogen and oxygen atoms in total. The summed E-state index contributed by atoms with van der Waals surface area (Å²) in [5.74, 6) is 0.243. The molecule has 1 heterocycles. The molecule has 124 valence electrons. The van der Waals surface area contributed by atoms with E-state index in [2.05, 4.69) is 5.32 Å². The van der Waals surface area contributed by atoms with Crippen LogP contribution in [0.15, 0.2) is 24.3 Å². The number of rotatable bonds is 5. The zero-order chi connectivity index (χ0) is 16.4. The zero-order valence-electron chi connectivity index (χ0n) is 13.4. The molecule has 3 N–H and O–H groups in total. The average molecular weight is 317 g/mol. The summed E-state index contributed by atoms with van der Waals surface area (Å²) in [4.78, 5) is 25.9. The first-order valence-corrected chi connectivity index (χ1v) is 8.05. The van der Waals surface area contributed by atoms with Crippen LogP contribution in [0.2, 0.25) is 0 Å². The molecule has 23 heavy (non-hydrogen) atoms. The molecule has 0 bridgehead atoms. The topological polar surface area (TPSA) is 84.7 Å². The molecular weight excluding hydrogens is 294 g/mol. The Morgan fingerprint density at radius 3 is 2.57 bits per heavy atom. The number of nitrogens with two attached hydrogens (primary N) is 1. The van der Waals surface area contributed by atoms with Crippen molar-refractivity contribution in [3.05, 3.63) is 24.3 Å². The molecule has 0 radical (unpaired) electrons. The quantitative estimate of drug-likeness (QED) is 0.803. The lowest BCUT2D eigenvalue weighted by Crippen LogP contribution is -2.50. The van der Waals surface area contributed by atoms with Gasteiger partial charge in [-0.3, -0.25) is 9.59 Å². The first kappa shape index (κ1) is 15.6. The molecule has 1 aliphatic carbocycles. The van der Waals surface area contributed by atoms with Crippen molar-refractivity contribution in [2.75, 3.05) is 25.5 Å². The van der Waals surface area contributed by atoms with E-state index in [9.17, 15) is 9.59 Å². The zero-order valence-corrected chi connectivity index (χ0v) is 13.4. The minimum atomic E-state index is -0.915. The lowest BCUT2D eigenvalue weighted by Gasteiger charge is -2.35. The number of benzene rings is 1. The van der Waals surface area contributed by atoms with Crippen LogP contribution in [0.25, 0.3) is 0 Å². The SMILES string of the molecule is COc1ccc(NC2CCCN(C(=O)C3(C(N)=O)CC3)C2)cc1. The standard InChI is InChI=1S/C17H23N3O3/c1-23-14-6-4-12(5-7-14)19-13-3-2-10-20(11-13)16(22)17(8-9-17)15(18)21/h4-7,13,19H,2-3,8-11H2,1H3,(H2,18,21). The molecule has 0 spiro atoms. The second-order valence-corrected chi connectivity index (χ2v) is 6.41. The Bertz CT molecular complexity index is 596. The summed E-state index contributed by atoms with van der Waals surface area (Å²) in [6.07, 6.45) is 3.11. The van der Waals surface area contributed by atoms with Gasteiger partial charge in [-0.1, -0.05) is 0 Å². The third kappa shape index (κ3) is 3.11. The summed E-state index contributed by atoms with van der Waals surface area (Å²) >= 11 is 0. The van der Waals surface area contributed by atoms with Crippen LogP contribution in [0.5, 0.6) is 5.75 Å². The van der Waals surface area contributed by atoms with E-state index in [-0.39, 0.29) is 11.9 Å². The third-order valence-corrected chi connectivity index (χ3v) is 4.80. The predicted molar refractivity (Wildman–Crippen MR) is 87.1 cm³/mol. The van der Waals surface area contributed by atoms with Crippen LogP contribution in [0.4, 0.5) is 5.69 Å². The number of likely N-dealkylation sites (tertiary alicyclic amines) is 1. The number of piperidine rings is 1. The van der Waals surface area contributed by atoms with E-state index in [0.717, 1.165) is 24.3 Å². The summed E-state index contributed by atoms with van der Waals surface area (Å²) in [7, 11) is 1.64. The molecule has 1 aromatic carbocycles. The predicted octanol–water partition coefficient (Wildman–Crippen LogP) is 1.36. The maximum atomic E-state index is 12.6. The van der Waals surface area contributed by atoms with Gasteiger partial charge in [0.25, 0.3) is 0 Å². The molecule has 1 saturated heterocycles. The lowest BCUT2D eigenvalue weighted by atomic mass is 10.00. The van der Waals surface area contributed by atoms with Crippen molar-refractivity contribution in [2.24, 2.45) is 11.1 Å². The molecule has 3 rings (SSSR count). The summed E-state index contributed by atoms with van der Waals surface area (Å²) in [5, 5.41) is 3.45. The van der Waals surface area contributed by atoms with Crippen LogP contribution in [-0.4, -0.2) is 43.0 Å². The number of hydrogen-bond donors (Lipinski definition) is 2. The van der Waals surface area contributed by atoms with E-state index in [4.69, 9.17) is 10.5 Å². The van der Waals surface area contributed by atoms with Crippen molar-refractivity contribution in [2.45, 2.75) is 31.7 Å². The molecule has 2 fully saturated rings. The molecule has 2 amide bonds. The highest BCUT2D eigenvalue weighted by molar-refractivity contribution is 6.07. The van der Waals surface area contributed by atoms with E-state index >= 15 is 0 Å². The monoisotopic (exact) mass is 317 g/mol. The Kier molecular flexibility index (Phi) is 4.15. The van der Waals surface area contributed by atoms with Crippen LogP contribution in [0.3, 0.4) is 0 Å². The second kappa shape index (κ2) is 6.10. The number of ether oxygens (including phenoxy) is 1. The molecule has 6 heteroatoms. The van der Waals surface area contributed by atoms with Crippen molar-refractivity contribution in [3.8, 4) is 5.75 Å². The molecular formula is C17H23N3O3. The Labute approximate surface area is 136 Å². The number of amides is 2. The highest BCUT2D eigenvalue weighted by Gasteiger charge is 2.57. The van der Waals surface area contributed by atoms with E-state index in [1.165, 1.54) is 0 Å². The molecule has 1 saturated carbocycles. The smallest absolute Gasteiger partial charge is 0.238 e. The maximum Gasteiger partial charge on any atom is 0.238 e. The van der Waals surface area contributed by atoms with Crippen LogP contribution >= 0.6 is 0 Å². The van der Waals surface area contributed by atoms with Crippen LogP contribution in [-0.2, 0) is 9.59 Å². The van der Waals surface area contributed by atoms with Gasteiger partial charge in [0.15, 0.2) is 0 Å².